The SMILES string of the molecule is Cc1c(-c2ccc(F)cc2)c(CC=C=O)c(C(C)C)n1-c1ccccc1. The molecule has 0 radical (unpaired) electrons. The van der Waals surface area contributed by atoms with Gasteiger partial charge in [-0.2, -0.15) is 0 Å². The van der Waals surface area contributed by atoms with Gasteiger partial charge in [0.25, 0.3) is 0 Å². The van der Waals surface area contributed by atoms with Gasteiger partial charge in [0.1, 0.15) is 11.8 Å². The molecular weight excluding hydrogens is 325 g/mol. The van der Waals surface area contributed by atoms with Crippen molar-refractivity contribution in [3.8, 4) is 16.8 Å². The number of hydrogen-bond acceptors (Lipinski definition) is 1. The molecule has 2 nitrogen and oxygen atoms in total. The van der Waals surface area contributed by atoms with E-state index >= 15 is 0 Å². The minimum atomic E-state index is -0.257. The average Bonchev–Trinajstić information content (AvgIpc) is 2.94. The van der Waals surface area contributed by atoms with Gasteiger partial charge in [-0.3, -0.25) is 0 Å². The molecule has 1 aromatic heterocycles. The Morgan fingerprint density at radius 2 is 1.73 bits per heavy atom. The van der Waals surface area contributed by atoms with E-state index < -0.39 is 0 Å². The van der Waals surface area contributed by atoms with Crippen LogP contribution in [0.15, 0.2) is 60.7 Å². The van der Waals surface area contributed by atoms with Crippen molar-refractivity contribution in [2.75, 3.05) is 0 Å². The largest absolute Gasteiger partial charge is 0.317 e. The molecule has 0 spiro atoms. The van der Waals surface area contributed by atoms with Crippen molar-refractivity contribution in [1.29, 1.82) is 0 Å². The van der Waals surface area contributed by atoms with E-state index in [1.807, 2.05) is 24.1 Å². The standard InChI is InChI=1S/C23H22FNO/c1-16(2)23-21(10-7-15-26)22(18-11-13-19(24)14-12-18)17(3)25(23)20-8-5-4-6-9-20/h4-9,11-14,16H,10H2,1-3H3. The lowest BCUT2D eigenvalue weighted by atomic mass is 9.95. The molecule has 1 heterocycles. The molecule has 0 aliphatic rings. The number of benzene rings is 2. The number of allylic oxidation sites excluding steroid dienone is 1. The zero-order valence-electron chi connectivity index (χ0n) is 15.3. The highest BCUT2D eigenvalue weighted by Gasteiger charge is 2.23. The normalized spacial score (nSPS) is 10.8. The van der Waals surface area contributed by atoms with Gasteiger partial charge < -0.3 is 4.57 Å². The predicted molar refractivity (Wildman–Crippen MR) is 104 cm³/mol. The summed E-state index contributed by atoms with van der Waals surface area (Å²) in [5.41, 5.74) is 6.44. The van der Waals surface area contributed by atoms with E-state index in [2.05, 4.69) is 37.5 Å². The van der Waals surface area contributed by atoms with Crippen LogP contribution in [0.2, 0.25) is 0 Å². The third-order valence-corrected chi connectivity index (χ3v) is 4.63. The highest BCUT2D eigenvalue weighted by molar-refractivity contribution is 5.74. The van der Waals surface area contributed by atoms with Crippen molar-refractivity contribution in [3.63, 3.8) is 0 Å². The van der Waals surface area contributed by atoms with Crippen molar-refractivity contribution in [2.45, 2.75) is 33.1 Å². The van der Waals surface area contributed by atoms with Gasteiger partial charge in [-0.05, 0) is 48.2 Å². The van der Waals surface area contributed by atoms with Crippen LogP contribution in [0.1, 0.15) is 36.7 Å². The lowest BCUT2D eigenvalue weighted by molar-refractivity contribution is 0.568. The van der Waals surface area contributed by atoms with Crippen LogP contribution in [-0.4, -0.2) is 10.5 Å². The third-order valence-electron chi connectivity index (χ3n) is 4.63. The number of halogens is 1. The maximum atomic E-state index is 13.4. The molecule has 0 atom stereocenters. The Labute approximate surface area is 153 Å². The first-order valence-corrected chi connectivity index (χ1v) is 8.79. The number of nitrogens with zero attached hydrogens (tertiary/aromatic N) is 1. The minimum Gasteiger partial charge on any atom is -0.317 e. The van der Waals surface area contributed by atoms with E-state index in [1.54, 1.807) is 12.1 Å². The summed E-state index contributed by atoms with van der Waals surface area (Å²) in [6.45, 7) is 6.37. The highest BCUT2D eigenvalue weighted by Crippen LogP contribution is 2.38. The number of hydrogen-bond donors (Lipinski definition) is 0. The summed E-state index contributed by atoms with van der Waals surface area (Å²) in [6, 6.07) is 16.7. The van der Waals surface area contributed by atoms with Crippen molar-refractivity contribution in [3.05, 3.63) is 83.4 Å². The summed E-state index contributed by atoms with van der Waals surface area (Å²) < 4.78 is 15.7. The van der Waals surface area contributed by atoms with Gasteiger partial charge in [0, 0.05) is 35.1 Å². The number of para-hydroxylation sites is 1. The fourth-order valence-electron chi connectivity index (χ4n) is 3.64. The maximum Gasteiger partial charge on any atom is 0.123 e. The van der Waals surface area contributed by atoms with Crippen molar-refractivity contribution >= 4 is 5.94 Å². The Hall–Kier alpha value is -2.90. The topological polar surface area (TPSA) is 22.0 Å². The number of aromatic nitrogens is 1. The minimum absolute atomic E-state index is 0.257. The summed E-state index contributed by atoms with van der Waals surface area (Å²) in [5.74, 6) is 1.90. The highest BCUT2D eigenvalue weighted by atomic mass is 19.1. The van der Waals surface area contributed by atoms with Crippen LogP contribution < -0.4 is 0 Å². The van der Waals surface area contributed by atoms with Crippen LogP contribution >= 0.6 is 0 Å². The van der Waals surface area contributed by atoms with Gasteiger partial charge in [-0.1, -0.05) is 44.2 Å². The van der Waals surface area contributed by atoms with Crippen LogP contribution in [0.3, 0.4) is 0 Å². The van der Waals surface area contributed by atoms with Crippen molar-refractivity contribution in [1.82, 2.24) is 4.57 Å². The third kappa shape index (κ3) is 3.26. The van der Waals surface area contributed by atoms with E-state index in [1.165, 1.54) is 23.9 Å². The molecule has 26 heavy (non-hydrogen) atoms. The first-order valence-electron chi connectivity index (χ1n) is 8.79. The molecule has 0 unspecified atom stereocenters. The van der Waals surface area contributed by atoms with E-state index in [-0.39, 0.29) is 11.7 Å². The van der Waals surface area contributed by atoms with Gasteiger partial charge in [0.15, 0.2) is 0 Å². The molecule has 132 valence electrons. The summed E-state index contributed by atoms with van der Waals surface area (Å²) in [7, 11) is 0. The van der Waals surface area contributed by atoms with Crippen molar-refractivity contribution in [2.24, 2.45) is 0 Å². The maximum absolute atomic E-state index is 13.4. The molecule has 3 heteroatoms. The molecule has 0 saturated heterocycles. The molecular formula is C23H22FNO. The van der Waals surface area contributed by atoms with Crippen LogP contribution in [0, 0.1) is 12.7 Å². The number of rotatable bonds is 5. The Balaban J connectivity index is 2.35. The first-order chi connectivity index (χ1) is 12.5. The second-order valence-corrected chi connectivity index (χ2v) is 6.68. The molecule has 0 amide bonds. The predicted octanol–water partition coefficient (Wildman–Crippen LogP) is 5.65. The second-order valence-electron chi connectivity index (χ2n) is 6.68. The first kappa shape index (κ1) is 17.9. The Morgan fingerprint density at radius 1 is 1.08 bits per heavy atom. The quantitative estimate of drug-likeness (QED) is 0.547. The van der Waals surface area contributed by atoms with Crippen LogP contribution in [-0.2, 0) is 11.2 Å². The van der Waals surface area contributed by atoms with Gasteiger partial charge in [-0.25, -0.2) is 9.18 Å². The van der Waals surface area contributed by atoms with Crippen LogP contribution in [0.5, 0.6) is 0 Å². The van der Waals surface area contributed by atoms with Crippen LogP contribution in [0.4, 0.5) is 4.39 Å². The fourth-order valence-corrected chi connectivity index (χ4v) is 3.64. The van der Waals surface area contributed by atoms with E-state index in [0.717, 1.165) is 28.1 Å². The van der Waals surface area contributed by atoms with E-state index in [4.69, 9.17) is 0 Å². The molecule has 0 saturated carbocycles. The average molecular weight is 347 g/mol. The zero-order valence-corrected chi connectivity index (χ0v) is 15.3. The molecule has 0 fully saturated rings. The Bertz CT molecular complexity index is 946. The second kappa shape index (κ2) is 7.55. The summed E-state index contributed by atoms with van der Waals surface area (Å²) >= 11 is 0. The summed E-state index contributed by atoms with van der Waals surface area (Å²) in [5, 5.41) is 0. The fraction of sp³-hybridized carbons (Fsp3) is 0.217. The molecule has 3 rings (SSSR count). The molecule has 0 aliphatic carbocycles. The van der Waals surface area contributed by atoms with E-state index in [9.17, 15) is 9.18 Å². The molecule has 3 aromatic rings. The molecule has 2 aromatic carbocycles. The van der Waals surface area contributed by atoms with Gasteiger partial charge >= 0.3 is 0 Å². The zero-order chi connectivity index (χ0) is 18.7. The lowest BCUT2D eigenvalue weighted by Gasteiger charge is -2.15. The summed E-state index contributed by atoms with van der Waals surface area (Å²) in [6.07, 6.45) is 2.02. The van der Waals surface area contributed by atoms with Crippen LogP contribution in [0.25, 0.3) is 16.8 Å². The van der Waals surface area contributed by atoms with Gasteiger partial charge in [0.05, 0.1) is 0 Å². The number of carbonyl (C=O) groups excluding carboxylic acids is 1. The molecule has 0 N–H and O–H groups in total. The summed E-state index contributed by atoms with van der Waals surface area (Å²) in [4.78, 5) is 10.9. The Kier molecular flexibility index (Phi) is 5.20. The van der Waals surface area contributed by atoms with Crippen molar-refractivity contribution < 1.29 is 9.18 Å². The monoisotopic (exact) mass is 347 g/mol. The molecule has 0 aliphatic heterocycles. The smallest absolute Gasteiger partial charge is 0.123 e. The van der Waals surface area contributed by atoms with E-state index in [0.29, 0.717) is 6.42 Å². The van der Waals surface area contributed by atoms with Gasteiger partial charge in [0.2, 0.25) is 0 Å². The van der Waals surface area contributed by atoms with Gasteiger partial charge in [-0.15, -0.1) is 0 Å². The Morgan fingerprint density at radius 3 is 2.31 bits per heavy atom. The molecule has 0 bridgehead atoms. The lowest BCUT2D eigenvalue weighted by Crippen LogP contribution is -2.05.